The van der Waals surface area contributed by atoms with Crippen LogP contribution in [0.3, 0.4) is 0 Å². The van der Waals surface area contributed by atoms with E-state index in [9.17, 15) is 9.59 Å². The molecule has 0 unspecified atom stereocenters. The number of rotatable bonds is 3. The van der Waals surface area contributed by atoms with Crippen molar-refractivity contribution in [3.05, 3.63) is 82.6 Å². The first-order chi connectivity index (χ1) is 21.2. The molecule has 226 valence electrons. The molecule has 2 saturated heterocycles. The molecule has 6 heterocycles. The average Bonchev–Trinajstić information content (AvgIpc) is 2.96. The summed E-state index contributed by atoms with van der Waals surface area (Å²) < 4.78 is 33.0. The van der Waals surface area contributed by atoms with E-state index in [0.29, 0.717) is 67.4 Å². The summed E-state index contributed by atoms with van der Waals surface area (Å²) in [6.07, 6.45) is 5.31. The SMILES string of the molecule is C=CC(=O)N1CC2(C1)CN(c1nc(=O)n3c4nc(c(F)cc14)-c1c(F)cccc1NCCCCc1ccnc(C(C)C)c1-3)C2. The standard InChI is InChI=1S/C33H33F2N7O2/c1-4-25(43)40-15-33(16-40)17-41(18-33)30-21-14-23(35)28-26-22(34)9-7-10-24(26)36-12-6-5-8-20-11-13-37-27(19(2)3)29(20)42(31(21)38-28)32(44)39-30/h4,7,9-11,13-14,19,36H,1,5-6,8,12,15-18H2,2-3H3. The molecule has 0 aliphatic carbocycles. The number of nitrogens with one attached hydrogen (secondary N) is 1. The molecule has 11 heteroatoms. The van der Waals surface area contributed by atoms with E-state index in [4.69, 9.17) is 4.98 Å². The van der Waals surface area contributed by atoms with E-state index in [1.807, 2.05) is 24.8 Å². The summed E-state index contributed by atoms with van der Waals surface area (Å²) in [6, 6.07) is 7.80. The number of nitrogens with zero attached hydrogens (tertiary/aromatic N) is 6. The van der Waals surface area contributed by atoms with Gasteiger partial charge in [0, 0.05) is 50.0 Å². The van der Waals surface area contributed by atoms with Crippen molar-refractivity contribution in [1.82, 2.24) is 24.4 Å². The van der Waals surface area contributed by atoms with Crippen LogP contribution in [0.5, 0.6) is 0 Å². The fourth-order valence-corrected chi connectivity index (χ4v) is 6.86. The Morgan fingerprint density at radius 2 is 1.89 bits per heavy atom. The first kappa shape index (κ1) is 28.1. The first-order valence-corrected chi connectivity index (χ1v) is 15.0. The van der Waals surface area contributed by atoms with Crippen LogP contribution >= 0.6 is 0 Å². The van der Waals surface area contributed by atoms with Crippen LogP contribution in [-0.4, -0.2) is 63.0 Å². The number of carbonyl (C=O) groups is 1. The van der Waals surface area contributed by atoms with E-state index >= 15 is 8.78 Å². The summed E-state index contributed by atoms with van der Waals surface area (Å²) in [4.78, 5) is 43.7. The van der Waals surface area contributed by atoms with Gasteiger partial charge in [-0.25, -0.2) is 23.1 Å². The van der Waals surface area contributed by atoms with E-state index in [1.165, 1.54) is 22.8 Å². The molecule has 0 radical (unpaired) electrons. The number of halogens is 2. The van der Waals surface area contributed by atoms with Crippen LogP contribution < -0.4 is 15.9 Å². The van der Waals surface area contributed by atoms with Gasteiger partial charge in [0.2, 0.25) is 5.91 Å². The van der Waals surface area contributed by atoms with Crippen LogP contribution in [0.4, 0.5) is 20.3 Å². The Balaban J connectivity index is 1.46. The van der Waals surface area contributed by atoms with E-state index < -0.39 is 17.3 Å². The smallest absolute Gasteiger partial charge is 0.355 e. The minimum Gasteiger partial charge on any atom is -0.384 e. The molecule has 2 bridgehead atoms. The number of aromatic nitrogens is 4. The summed E-state index contributed by atoms with van der Waals surface area (Å²) in [5, 5.41) is 3.62. The quantitative estimate of drug-likeness (QED) is 0.338. The fraction of sp³-hybridized carbons (Fsp3) is 0.364. The van der Waals surface area contributed by atoms with E-state index in [2.05, 4.69) is 21.9 Å². The highest BCUT2D eigenvalue weighted by molar-refractivity contribution is 5.92. The maximum absolute atomic E-state index is 16.1. The number of aryl methyl sites for hydroxylation is 1. The lowest BCUT2D eigenvalue weighted by molar-refractivity contribution is -0.139. The Labute approximate surface area is 253 Å². The summed E-state index contributed by atoms with van der Waals surface area (Å²) in [5.41, 5.74) is 2.01. The summed E-state index contributed by atoms with van der Waals surface area (Å²) in [6.45, 7) is 10.4. The normalized spacial score (nSPS) is 17.1. The molecule has 3 aromatic heterocycles. The lowest BCUT2D eigenvalue weighted by Crippen LogP contribution is -2.73. The van der Waals surface area contributed by atoms with Crippen molar-refractivity contribution in [1.29, 1.82) is 0 Å². The molecule has 4 aromatic rings. The lowest BCUT2D eigenvalue weighted by Gasteiger charge is -2.60. The lowest BCUT2D eigenvalue weighted by atomic mass is 9.72. The monoisotopic (exact) mass is 597 g/mol. The predicted octanol–water partition coefficient (Wildman–Crippen LogP) is 4.83. The highest BCUT2D eigenvalue weighted by Crippen LogP contribution is 2.44. The van der Waals surface area contributed by atoms with Crippen molar-refractivity contribution in [2.45, 2.75) is 39.0 Å². The van der Waals surface area contributed by atoms with Gasteiger partial charge in [0.25, 0.3) is 0 Å². The third-order valence-electron chi connectivity index (χ3n) is 8.94. The van der Waals surface area contributed by atoms with Gasteiger partial charge in [0.05, 0.1) is 22.3 Å². The van der Waals surface area contributed by atoms with Gasteiger partial charge in [-0.3, -0.25) is 9.78 Å². The minimum atomic E-state index is -0.717. The second-order valence-electron chi connectivity index (χ2n) is 12.4. The molecule has 2 fully saturated rings. The molecule has 0 saturated carbocycles. The average molecular weight is 598 g/mol. The number of hydrogen-bond donors (Lipinski definition) is 1. The number of amides is 1. The number of fused-ring (bicyclic) bond motifs is 5. The highest BCUT2D eigenvalue weighted by Gasteiger charge is 2.53. The van der Waals surface area contributed by atoms with E-state index in [1.54, 1.807) is 23.2 Å². The second kappa shape index (κ2) is 10.5. The number of likely N-dealkylation sites (tertiary alicyclic amines) is 1. The molecule has 3 aliphatic heterocycles. The Hall–Kier alpha value is -4.67. The largest absolute Gasteiger partial charge is 0.384 e. The van der Waals surface area contributed by atoms with Gasteiger partial charge in [-0.05, 0) is 61.1 Å². The molecule has 9 nitrogen and oxygen atoms in total. The van der Waals surface area contributed by atoms with Gasteiger partial charge in [-0.15, -0.1) is 0 Å². The molecule has 7 rings (SSSR count). The third kappa shape index (κ3) is 4.44. The number of pyridine rings is 2. The van der Waals surface area contributed by atoms with Crippen LogP contribution in [-0.2, 0) is 11.2 Å². The predicted molar refractivity (Wildman–Crippen MR) is 165 cm³/mol. The van der Waals surface area contributed by atoms with E-state index in [0.717, 1.165) is 18.4 Å². The highest BCUT2D eigenvalue weighted by atomic mass is 19.1. The molecule has 1 N–H and O–H groups in total. The Morgan fingerprint density at radius 3 is 2.64 bits per heavy atom. The Kier molecular flexibility index (Phi) is 6.71. The molecule has 1 aromatic carbocycles. The van der Waals surface area contributed by atoms with Gasteiger partial charge in [-0.1, -0.05) is 26.5 Å². The van der Waals surface area contributed by atoms with Crippen molar-refractivity contribution < 1.29 is 13.6 Å². The van der Waals surface area contributed by atoms with Crippen LogP contribution in [0.1, 0.15) is 43.9 Å². The zero-order valence-corrected chi connectivity index (χ0v) is 24.7. The molecule has 1 spiro atoms. The van der Waals surface area contributed by atoms with Crippen LogP contribution in [0, 0.1) is 17.0 Å². The van der Waals surface area contributed by atoms with Crippen LogP contribution in [0.2, 0.25) is 0 Å². The van der Waals surface area contributed by atoms with Crippen molar-refractivity contribution >= 4 is 28.4 Å². The van der Waals surface area contributed by atoms with E-state index in [-0.39, 0.29) is 34.1 Å². The molecule has 0 atom stereocenters. The minimum absolute atomic E-state index is 0.0170. The summed E-state index contributed by atoms with van der Waals surface area (Å²) >= 11 is 0. The topological polar surface area (TPSA) is 96.3 Å². The van der Waals surface area contributed by atoms with Crippen molar-refractivity contribution in [3.63, 3.8) is 0 Å². The van der Waals surface area contributed by atoms with Crippen molar-refractivity contribution in [2.75, 3.05) is 42.9 Å². The second-order valence-corrected chi connectivity index (χ2v) is 12.4. The van der Waals surface area contributed by atoms with Crippen molar-refractivity contribution in [2.24, 2.45) is 5.41 Å². The van der Waals surface area contributed by atoms with Gasteiger partial charge in [0.15, 0.2) is 11.5 Å². The van der Waals surface area contributed by atoms with Gasteiger partial charge < -0.3 is 15.1 Å². The zero-order chi connectivity index (χ0) is 30.7. The third-order valence-corrected chi connectivity index (χ3v) is 8.94. The van der Waals surface area contributed by atoms with Crippen molar-refractivity contribution in [3.8, 4) is 16.9 Å². The maximum Gasteiger partial charge on any atom is 0.355 e. The van der Waals surface area contributed by atoms with Crippen LogP contribution in [0.15, 0.2) is 54.0 Å². The Morgan fingerprint density at radius 1 is 1.09 bits per heavy atom. The fourth-order valence-electron chi connectivity index (χ4n) is 6.86. The summed E-state index contributed by atoms with van der Waals surface area (Å²) in [5.74, 6) is -1.15. The van der Waals surface area contributed by atoms with Gasteiger partial charge >= 0.3 is 5.69 Å². The van der Waals surface area contributed by atoms with Gasteiger partial charge in [-0.2, -0.15) is 4.98 Å². The molecular weight excluding hydrogens is 564 g/mol. The van der Waals surface area contributed by atoms with Crippen LogP contribution in [0.25, 0.3) is 28.0 Å². The number of carbonyl (C=O) groups excluding carboxylic acids is 1. The molecule has 44 heavy (non-hydrogen) atoms. The van der Waals surface area contributed by atoms with Gasteiger partial charge in [0.1, 0.15) is 17.3 Å². The first-order valence-electron chi connectivity index (χ1n) is 15.0. The Bertz CT molecular complexity index is 1890. The molecule has 3 aliphatic rings. The number of benzene rings is 1. The molecular formula is C33H33F2N7O2. The number of hydrogen-bond acceptors (Lipinski definition) is 7. The molecule has 1 amide bonds. The summed E-state index contributed by atoms with van der Waals surface area (Å²) in [7, 11) is 0. The zero-order valence-electron chi connectivity index (χ0n) is 24.7. The number of anilines is 2. The maximum atomic E-state index is 16.1.